The van der Waals surface area contributed by atoms with Crippen molar-refractivity contribution in [1.29, 1.82) is 0 Å². The molecule has 1 aliphatic heterocycles. The van der Waals surface area contributed by atoms with E-state index >= 15 is 0 Å². The second-order valence-electron chi connectivity index (χ2n) is 10.7. The second-order valence-corrected chi connectivity index (χ2v) is 10.7. The third-order valence-electron chi connectivity index (χ3n) is 6.46. The van der Waals surface area contributed by atoms with Crippen LogP contribution in [-0.4, -0.2) is 46.2 Å². The van der Waals surface area contributed by atoms with Gasteiger partial charge in [0.2, 0.25) is 11.9 Å². The van der Waals surface area contributed by atoms with Gasteiger partial charge in [0.05, 0.1) is 11.2 Å². The summed E-state index contributed by atoms with van der Waals surface area (Å²) in [5, 5.41) is 7.68. The predicted molar refractivity (Wildman–Crippen MR) is 136 cm³/mol. The highest BCUT2D eigenvalue weighted by Crippen LogP contribution is 2.39. The molecule has 8 heteroatoms. The maximum absolute atomic E-state index is 12.3. The molecule has 2 aliphatic rings. The number of aryl methyl sites for hydroxylation is 1. The summed E-state index contributed by atoms with van der Waals surface area (Å²) in [5.41, 5.74) is 3.75. The van der Waals surface area contributed by atoms with E-state index in [1.807, 2.05) is 25.1 Å². The first-order chi connectivity index (χ1) is 16.7. The minimum atomic E-state index is -0.00574. The van der Waals surface area contributed by atoms with Crippen molar-refractivity contribution in [3.8, 4) is 22.8 Å². The Labute approximate surface area is 205 Å². The van der Waals surface area contributed by atoms with E-state index in [0.29, 0.717) is 37.2 Å². The summed E-state index contributed by atoms with van der Waals surface area (Å²) in [7, 11) is 0. The molecular weight excluding hydrogens is 442 g/mol. The lowest BCUT2D eigenvalue weighted by molar-refractivity contribution is -0.123. The zero-order valence-corrected chi connectivity index (χ0v) is 20.9. The summed E-state index contributed by atoms with van der Waals surface area (Å²) in [4.78, 5) is 26.1. The summed E-state index contributed by atoms with van der Waals surface area (Å²) in [6.45, 7) is 9.28. The average Bonchev–Trinajstić information content (AvgIpc) is 3.23. The molecular formula is C27H33N5O3. The summed E-state index contributed by atoms with van der Waals surface area (Å²) in [5.74, 6) is 1.97. The topological polar surface area (TPSA) is 98.3 Å². The maximum Gasteiger partial charge on any atom is 0.257 e. The molecule has 5 rings (SSSR count). The Morgan fingerprint density at radius 1 is 1.09 bits per heavy atom. The Morgan fingerprint density at radius 2 is 1.89 bits per heavy atom. The lowest BCUT2D eigenvalue weighted by Gasteiger charge is -2.20. The van der Waals surface area contributed by atoms with E-state index in [1.165, 1.54) is 0 Å². The van der Waals surface area contributed by atoms with Crippen LogP contribution in [-0.2, 0) is 4.79 Å². The third-order valence-corrected chi connectivity index (χ3v) is 6.46. The molecule has 1 aromatic carbocycles. The molecule has 2 N–H and O–H groups in total. The van der Waals surface area contributed by atoms with Gasteiger partial charge in [0.1, 0.15) is 13.2 Å². The van der Waals surface area contributed by atoms with Crippen LogP contribution in [0.5, 0.6) is 11.6 Å². The molecule has 8 nitrogen and oxygen atoms in total. The van der Waals surface area contributed by atoms with Gasteiger partial charge in [-0.05, 0) is 55.4 Å². The Balaban J connectivity index is 1.30. The first-order valence-corrected chi connectivity index (χ1v) is 12.3. The van der Waals surface area contributed by atoms with E-state index in [4.69, 9.17) is 19.4 Å². The summed E-state index contributed by atoms with van der Waals surface area (Å²) in [6.07, 6.45) is 5.10. The number of nitrogens with one attached hydrogen (secondary N) is 2. The standard InChI is InChI=1S/C27H33N5O3/c1-16-21-13-17(20-9-10-28-25-24(20)34-11-12-35-25)5-8-22(21)32-26(29-16)31-19-7-6-18(14-19)30-23(33)15-27(2,3)4/h5,8-10,13,18-19H,6-7,11-12,14-15H2,1-4H3,(H,30,33)(H,29,31,32)/t18-,19+/m0/s1. The van der Waals surface area contributed by atoms with E-state index in [9.17, 15) is 4.79 Å². The Bertz CT molecular complexity index is 1250. The molecule has 1 saturated carbocycles. The van der Waals surface area contributed by atoms with E-state index in [1.54, 1.807) is 6.20 Å². The number of rotatable bonds is 5. The van der Waals surface area contributed by atoms with Crippen molar-refractivity contribution < 1.29 is 14.3 Å². The fraction of sp³-hybridized carbons (Fsp3) is 0.481. The molecule has 1 aliphatic carbocycles. The van der Waals surface area contributed by atoms with E-state index in [2.05, 4.69) is 42.5 Å². The van der Waals surface area contributed by atoms with Gasteiger partial charge < -0.3 is 20.1 Å². The van der Waals surface area contributed by atoms with Crippen LogP contribution in [0.15, 0.2) is 30.5 Å². The van der Waals surface area contributed by atoms with Crippen LogP contribution in [0.4, 0.5) is 5.95 Å². The van der Waals surface area contributed by atoms with Crippen molar-refractivity contribution >= 4 is 22.8 Å². The number of anilines is 1. The van der Waals surface area contributed by atoms with Gasteiger partial charge in [0.25, 0.3) is 5.88 Å². The van der Waals surface area contributed by atoms with Gasteiger partial charge in [-0.25, -0.2) is 15.0 Å². The summed E-state index contributed by atoms with van der Waals surface area (Å²) < 4.78 is 11.5. The van der Waals surface area contributed by atoms with Gasteiger partial charge in [-0.15, -0.1) is 0 Å². The molecule has 3 aromatic rings. The van der Waals surface area contributed by atoms with Crippen LogP contribution in [0.2, 0.25) is 0 Å². The minimum Gasteiger partial charge on any atom is -0.484 e. The molecule has 0 bridgehead atoms. The first kappa shape index (κ1) is 23.3. The fourth-order valence-corrected chi connectivity index (χ4v) is 4.88. The SMILES string of the molecule is Cc1nc(N[C@@H]2CC[C@H](NC(=O)CC(C)(C)C)C2)nc2ccc(-c3ccnc4c3OCCO4)cc12. The van der Waals surface area contributed by atoms with Crippen LogP contribution in [0.1, 0.15) is 52.1 Å². The number of hydrogen-bond donors (Lipinski definition) is 2. The van der Waals surface area contributed by atoms with E-state index in [0.717, 1.165) is 47.0 Å². The van der Waals surface area contributed by atoms with Gasteiger partial charge >= 0.3 is 0 Å². The first-order valence-electron chi connectivity index (χ1n) is 12.3. The lowest BCUT2D eigenvalue weighted by Crippen LogP contribution is -2.35. The molecule has 0 radical (unpaired) electrons. The number of ether oxygens (including phenoxy) is 2. The number of hydrogen-bond acceptors (Lipinski definition) is 7. The lowest BCUT2D eigenvalue weighted by atomic mass is 9.92. The van der Waals surface area contributed by atoms with Crippen molar-refractivity contribution in [3.05, 3.63) is 36.2 Å². The third kappa shape index (κ3) is 5.31. The number of pyridine rings is 1. The maximum atomic E-state index is 12.3. The quantitative estimate of drug-likeness (QED) is 0.554. The molecule has 0 unspecified atom stereocenters. The predicted octanol–water partition coefficient (Wildman–Crippen LogP) is 4.66. The van der Waals surface area contributed by atoms with Crippen LogP contribution < -0.4 is 20.1 Å². The molecule has 1 amide bonds. The van der Waals surface area contributed by atoms with Gasteiger partial charge in [-0.1, -0.05) is 26.8 Å². The largest absolute Gasteiger partial charge is 0.484 e. The number of fused-ring (bicyclic) bond motifs is 2. The van der Waals surface area contributed by atoms with Crippen LogP contribution in [0.25, 0.3) is 22.0 Å². The molecule has 3 heterocycles. The zero-order chi connectivity index (χ0) is 24.6. The highest BCUT2D eigenvalue weighted by Gasteiger charge is 2.28. The van der Waals surface area contributed by atoms with Crippen molar-refractivity contribution in [1.82, 2.24) is 20.3 Å². The summed E-state index contributed by atoms with van der Waals surface area (Å²) >= 11 is 0. The Kier molecular flexibility index (Phi) is 6.21. The molecule has 184 valence electrons. The summed E-state index contributed by atoms with van der Waals surface area (Å²) in [6, 6.07) is 8.54. The van der Waals surface area contributed by atoms with Crippen molar-refractivity contribution in [2.45, 2.75) is 65.5 Å². The van der Waals surface area contributed by atoms with Crippen LogP contribution >= 0.6 is 0 Å². The Hall–Kier alpha value is -3.42. The highest BCUT2D eigenvalue weighted by molar-refractivity contribution is 5.88. The number of aromatic nitrogens is 3. The zero-order valence-electron chi connectivity index (χ0n) is 20.9. The smallest absolute Gasteiger partial charge is 0.257 e. The number of benzene rings is 1. The molecule has 0 spiro atoms. The van der Waals surface area contributed by atoms with Crippen LogP contribution in [0, 0.1) is 12.3 Å². The van der Waals surface area contributed by atoms with Gasteiger partial charge in [-0.2, -0.15) is 0 Å². The highest BCUT2D eigenvalue weighted by atomic mass is 16.6. The van der Waals surface area contributed by atoms with E-state index < -0.39 is 0 Å². The van der Waals surface area contributed by atoms with Crippen molar-refractivity contribution in [3.63, 3.8) is 0 Å². The second kappa shape index (κ2) is 9.32. The monoisotopic (exact) mass is 475 g/mol. The molecule has 2 aromatic heterocycles. The van der Waals surface area contributed by atoms with Crippen LogP contribution in [0.3, 0.4) is 0 Å². The number of carbonyl (C=O) groups excluding carboxylic acids is 1. The van der Waals surface area contributed by atoms with Gasteiger partial charge in [-0.3, -0.25) is 4.79 Å². The molecule has 2 atom stereocenters. The number of carbonyl (C=O) groups is 1. The van der Waals surface area contributed by atoms with Crippen molar-refractivity contribution in [2.75, 3.05) is 18.5 Å². The average molecular weight is 476 g/mol. The molecule has 0 saturated heterocycles. The van der Waals surface area contributed by atoms with E-state index in [-0.39, 0.29) is 23.4 Å². The Morgan fingerprint density at radius 3 is 2.71 bits per heavy atom. The molecule has 1 fully saturated rings. The number of amides is 1. The van der Waals surface area contributed by atoms with Gasteiger partial charge in [0.15, 0.2) is 5.75 Å². The fourth-order valence-electron chi connectivity index (χ4n) is 4.88. The molecule has 35 heavy (non-hydrogen) atoms. The van der Waals surface area contributed by atoms with Crippen molar-refractivity contribution in [2.24, 2.45) is 5.41 Å². The van der Waals surface area contributed by atoms with Gasteiger partial charge in [0, 0.05) is 35.7 Å². The minimum absolute atomic E-state index is 0.00574. The normalized spacial score (nSPS) is 19.5. The number of nitrogens with zero attached hydrogens (tertiary/aromatic N) is 3.